The number of nitrogens with one attached hydrogen (secondary N) is 1. The highest BCUT2D eigenvalue weighted by Gasteiger charge is 2.13. The molecule has 0 atom stereocenters. The van der Waals surface area contributed by atoms with Gasteiger partial charge in [-0.2, -0.15) is 5.10 Å². The highest BCUT2D eigenvalue weighted by atomic mass is 16.4. The molecule has 0 saturated heterocycles. The second-order valence-corrected chi connectivity index (χ2v) is 3.12. The molecule has 0 fully saturated rings. The van der Waals surface area contributed by atoms with E-state index in [-0.39, 0.29) is 18.2 Å². The number of hydrogen-bond donors (Lipinski definition) is 2. The van der Waals surface area contributed by atoms with Crippen LogP contribution in [0.15, 0.2) is 18.6 Å². The van der Waals surface area contributed by atoms with Crippen LogP contribution in [-0.2, 0) is 11.3 Å². The van der Waals surface area contributed by atoms with E-state index in [4.69, 9.17) is 5.11 Å². The SMILES string of the molecule is O=C(O)Cn1cc(C(=O)Nc2nccnn2)nn1. The van der Waals surface area contributed by atoms with Crippen LogP contribution >= 0.6 is 0 Å². The van der Waals surface area contributed by atoms with Gasteiger partial charge >= 0.3 is 5.97 Å². The Kier molecular flexibility index (Phi) is 3.18. The molecule has 0 radical (unpaired) electrons. The van der Waals surface area contributed by atoms with Crippen molar-refractivity contribution in [1.29, 1.82) is 0 Å². The van der Waals surface area contributed by atoms with Crippen LogP contribution in [0.5, 0.6) is 0 Å². The molecule has 92 valence electrons. The Morgan fingerprint density at radius 1 is 1.33 bits per heavy atom. The molecule has 0 aliphatic rings. The number of aliphatic carboxylic acids is 1. The normalized spacial score (nSPS) is 10.0. The van der Waals surface area contributed by atoms with Gasteiger partial charge in [-0.1, -0.05) is 5.21 Å². The number of nitrogens with zero attached hydrogens (tertiary/aromatic N) is 6. The molecular formula is C8H7N7O3. The van der Waals surface area contributed by atoms with Crippen molar-refractivity contribution in [2.45, 2.75) is 6.54 Å². The summed E-state index contributed by atoms with van der Waals surface area (Å²) in [5, 5.41) is 25.0. The fourth-order valence-corrected chi connectivity index (χ4v) is 1.09. The zero-order valence-corrected chi connectivity index (χ0v) is 8.89. The van der Waals surface area contributed by atoms with E-state index in [0.717, 1.165) is 4.68 Å². The summed E-state index contributed by atoms with van der Waals surface area (Å²) in [5.41, 5.74) is -0.0382. The Morgan fingerprint density at radius 2 is 2.17 bits per heavy atom. The van der Waals surface area contributed by atoms with Gasteiger partial charge in [0.05, 0.1) is 18.6 Å². The Balaban J connectivity index is 2.05. The molecular weight excluding hydrogens is 242 g/mol. The van der Waals surface area contributed by atoms with Crippen molar-refractivity contribution in [3.05, 3.63) is 24.3 Å². The number of carbonyl (C=O) groups excluding carboxylic acids is 1. The van der Waals surface area contributed by atoms with Crippen LogP contribution in [0.3, 0.4) is 0 Å². The molecule has 0 aliphatic carbocycles. The van der Waals surface area contributed by atoms with E-state index in [1.807, 2.05) is 0 Å². The topological polar surface area (TPSA) is 136 Å². The maximum Gasteiger partial charge on any atom is 0.325 e. The van der Waals surface area contributed by atoms with Crippen molar-refractivity contribution in [2.75, 3.05) is 5.32 Å². The van der Waals surface area contributed by atoms with E-state index >= 15 is 0 Å². The lowest BCUT2D eigenvalue weighted by atomic mass is 10.4. The first-order chi connectivity index (χ1) is 8.65. The molecule has 10 nitrogen and oxygen atoms in total. The molecule has 2 rings (SSSR count). The second-order valence-electron chi connectivity index (χ2n) is 3.12. The number of carboxylic acid groups (broad SMARTS) is 1. The van der Waals surface area contributed by atoms with E-state index in [1.165, 1.54) is 18.6 Å². The Bertz CT molecular complexity index is 567. The van der Waals surface area contributed by atoms with Gasteiger partial charge < -0.3 is 5.11 Å². The minimum Gasteiger partial charge on any atom is -0.480 e. The van der Waals surface area contributed by atoms with Crippen LogP contribution in [0.4, 0.5) is 5.95 Å². The first-order valence-electron chi connectivity index (χ1n) is 4.72. The van der Waals surface area contributed by atoms with E-state index < -0.39 is 11.9 Å². The maximum atomic E-state index is 11.6. The number of anilines is 1. The molecule has 10 heteroatoms. The summed E-state index contributed by atoms with van der Waals surface area (Å²) in [6.07, 6.45) is 3.93. The van der Waals surface area contributed by atoms with Gasteiger partial charge in [0, 0.05) is 0 Å². The molecule has 18 heavy (non-hydrogen) atoms. The van der Waals surface area contributed by atoms with Gasteiger partial charge in [-0.05, 0) is 0 Å². The van der Waals surface area contributed by atoms with Crippen LogP contribution in [0.2, 0.25) is 0 Å². The zero-order valence-electron chi connectivity index (χ0n) is 8.89. The maximum absolute atomic E-state index is 11.6. The number of carboxylic acids is 1. The number of aromatic nitrogens is 6. The Morgan fingerprint density at radius 3 is 2.83 bits per heavy atom. The molecule has 2 aromatic rings. The summed E-state index contributed by atoms with van der Waals surface area (Å²) in [6.45, 7) is -0.371. The van der Waals surface area contributed by atoms with Gasteiger partial charge in [0.15, 0.2) is 5.69 Å². The molecule has 0 aromatic carbocycles. The average molecular weight is 249 g/mol. The van der Waals surface area contributed by atoms with Crippen molar-refractivity contribution >= 4 is 17.8 Å². The molecule has 2 heterocycles. The Hall–Kier alpha value is -2.91. The number of hydrogen-bond acceptors (Lipinski definition) is 7. The third kappa shape index (κ3) is 2.81. The highest BCUT2D eigenvalue weighted by molar-refractivity contribution is 6.01. The average Bonchev–Trinajstić information content (AvgIpc) is 2.78. The van der Waals surface area contributed by atoms with Crippen LogP contribution < -0.4 is 5.32 Å². The summed E-state index contributed by atoms with van der Waals surface area (Å²) in [4.78, 5) is 25.8. The molecule has 0 saturated carbocycles. The van der Waals surface area contributed by atoms with Crippen molar-refractivity contribution in [1.82, 2.24) is 30.2 Å². The Labute approximate surface area is 99.7 Å². The molecule has 1 amide bonds. The summed E-state index contributed by atoms with van der Waals surface area (Å²) >= 11 is 0. The van der Waals surface area contributed by atoms with Crippen LogP contribution in [0, 0.1) is 0 Å². The number of carbonyl (C=O) groups is 2. The van der Waals surface area contributed by atoms with Gasteiger partial charge in [-0.25, -0.2) is 9.67 Å². The first-order valence-corrected chi connectivity index (χ1v) is 4.72. The third-order valence-electron chi connectivity index (χ3n) is 1.78. The molecule has 0 bridgehead atoms. The van der Waals surface area contributed by atoms with Gasteiger partial charge in [0.1, 0.15) is 6.54 Å². The van der Waals surface area contributed by atoms with Crippen molar-refractivity contribution < 1.29 is 14.7 Å². The summed E-state index contributed by atoms with van der Waals surface area (Å²) < 4.78 is 1.03. The first kappa shape index (κ1) is 11.6. The van der Waals surface area contributed by atoms with Gasteiger partial charge in [0.25, 0.3) is 5.91 Å². The predicted molar refractivity (Wildman–Crippen MR) is 55.4 cm³/mol. The minimum absolute atomic E-state index is 0.0234. The van der Waals surface area contributed by atoms with E-state index in [2.05, 4.69) is 30.8 Å². The largest absolute Gasteiger partial charge is 0.480 e. The predicted octanol–water partition coefficient (Wildman–Crippen LogP) is -1.20. The van der Waals surface area contributed by atoms with Crippen LogP contribution in [0.1, 0.15) is 10.5 Å². The van der Waals surface area contributed by atoms with E-state index in [1.54, 1.807) is 0 Å². The lowest BCUT2D eigenvalue weighted by molar-refractivity contribution is -0.137. The lowest BCUT2D eigenvalue weighted by Gasteiger charge is -1.97. The standard InChI is InChI=1S/C8H7N7O3/c16-6(17)4-15-3-5(12-14-15)7(18)11-8-9-1-2-10-13-8/h1-3H,4H2,(H,16,17)(H,9,11,13,18). The molecule has 0 aliphatic heterocycles. The number of rotatable bonds is 4. The van der Waals surface area contributed by atoms with Gasteiger partial charge in [0.2, 0.25) is 5.95 Å². The van der Waals surface area contributed by atoms with Gasteiger partial charge in [-0.3, -0.25) is 14.9 Å². The van der Waals surface area contributed by atoms with Crippen LogP contribution in [0.25, 0.3) is 0 Å². The molecule has 0 unspecified atom stereocenters. The van der Waals surface area contributed by atoms with E-state index in [0.29, 0.717) is 0 Å². The highest BCUT2D eigenvalue weighted by Crippen LogP contribution is 1.99. The second kappa shape index (κ2) is 4.95. The quantitative estimate of drug-likeness (QED) is 0.689. The van der Waals surface area contributed by atoms with Crippen molar-refractivity contribution in [3.63, 3.8) is 0 Å². The van der Waals surface area contributed by atoms with Crippen molar-refractivity contribution in [2.24, 2.45) is 0 Å². The smallest absolute Gasteiger partial charge is 0.325 e. The third-order valence-corrected chi connectivity index (χ3v) is 1.78. The fraction of sp³-hybridized carbons (Fsp3) is 0.125. The molecule has 2 aromatic heterocycles. The van der Waals surface area contributed by atoms with Crippen LogP contribution in [-0.4, -0.2) is 47.2 Å². The molecule has 2 N–H and O–H groups in total. The summed E-state index contributed by atoms with van der Waals surface area (Å²) in [7, 11) is 0. The lowest BCUT2D eigenvalue weighted by Crippen LogP contribution is -2.15. The number of amides is 1. The zero-order chi connectivity index (χ0) is 13.0. The van der Waals surface area contributed by atoms with E-state index in [9.17, 15) is 9.59 Å². The molecule has 0 spiro atoms. The monoisotopic (exact) mass is 249 g/mol. The minimum atomic E-state index is -1.08. The summed E-state index contributed by atoms with van der Waals surface area (Å²) in [5.74, 6) is -1.66. The van der Waals surface area contributed by atoms with Crippen molar-refractivity contribution in [3.8, 4) is 0 Å². The fourth-order valence-electron chi connectivity index (χ4n) is 1.09. The van der Waals surface area contributed by atoms with Gasteiger partial charge in [-0.15, -0.1) is 10.2 Å². The summed E-state index contributed by atoms with van der Waals surface area (Å²) in [6, 6.07) is 0.